The fourth-order valence-electron chi connectivity index (χ4n) is 6.74. The molecular formula is C45H31N5. The van der Waals surface area contributed by atoms with Crippen LogP contribution in [-0.2, 0) is 0 Å². The fraction of sp³-hybridized carbons (Fsp3) is 0. The third-order valence-corrected chi connectivity index (χ3v) is 9.03. The van der Waals surface area contributed by atoms with E-state index in [0.717, 1.165) is 50.5 Å². The van der Waals surface area contributed by atoms with E-state index in [2.05, 4.69) is 137 Å². The molecule has 0 bridgehead atoms. The zero-order valence-electron chi connectivity index (χ0n) is 27.1. The highest BCUT2D eigenvalue weighted by atomic mass is 15.1. The molecule has 0 saturated heterocycles. The molecule has 0 saturated carbocycles. The van der Waals surface area contributed by atoms with E-state index in [4.69, 9.17) is 15.0 Å². The van der Waals surface area contributed by atoms with Crippen molar-refractivity contribution in [2.24, 2.45) is 0 Å². The molecule has 0 atom stereocenters. The summed E-state index contributed by atoms with van der Waals surface area (Å²) in [7, 11) is 0. The molecule has 0 fully saturated rings. The van der Waals surface area contributed by atoms with Crippen molar-refractivity contribution in [2.45, 2.75) is 0 Å². The first-order valence-corrected chi connectivity index (χ1v) is 16.7. The lowest BCUT2D eigenvalue weighted by Crippen LogP contribution is -2.10. The predicted octanol–water partition coefficient (Wildman–Crippen LogP) is 11.4. The molecule has 0 N–H and O–H groups in total. The van der Waals surface area contributed by atoms with Crippen molar-refractivity contribution in [2.75, 3.05) is 4.90 Å². The Labute approximate surface area is 290 Å². The Morgan fingerprint density at radius 2 is 0.800 bits per heavy atom. The summed E-state index contributed by atoms with van der Waals surface area (Å²) >= 11 is 0. The van der Waals surface area contributed by atoms with Gasteiger partial charge in [0.05, 0.1) is 16.7 Å². The van der Waals surface area contributed by atoms with Crippen LogP contribution in [-0.4, -0.2) is 19.5 Å². The summed E-state index contributed by atoms with van der Waals surface area (Å²) < 4.78 is 2.35. The van der Waals surface area contributed by atoms with Crippen LogP contribution < -0.4 is 4.90 Å². The van der Waals surface area contributed by atoms with Crippen LogP contribution in [0, 0.1) is 0 Å². The minimum atomic E-state index is 0.634. The van der Waals surface area contributed by atoms with Crippen LogP contribution in [0.2, 0.25) is 0 Å². The summed E-state index contributed by atoms with van der Waals surface area (Å²) in [5.74, 6) is 1.93. The maximum atomic E-state index is 4.95. The first-order valence-electron chi connectivity index (χ1n) is 16.7. The molecule has 0 amide bonds. The number of hydrogen-bond donors (Lipinski definition) is 0. The number of rotatable bonds is 7. The molecule has 2 aromatic heterocycles. The van der Waals surface area contributed by atoms with E-state index < -0.39 is 0 Å². The Kier molecular flexibility index (Phi) is 7.41. The number of anilines is 3. The lowest BCUT2D eigenvalue weighted by atomic mass is 10.1. The lowest BCUT2D eigenvalue weighted by Gasteiger charge is -2.26. The molecule has 0 radical (unpaired) electrons. The van der Waals surface area contributed by atoms with Gasteiger partial charge in [-0.1, -0.05) is 121 Å². The average Bonchev–Trinajstić information content (AvgIpc) is 3.54. The van der Waals surface area contributed by atoms with Crippen molar-refractivity contribution in [1.82, 2.24) is 19.5 Å². The predicted molar refractivity (Wildman–Crippen MR) is 205 cm³/mol. The molecule has 0 aliphatic carbocycles. The van der Waals surface area contributed by atoms with Gasteiger partial charge in [-0.05, 0) is 66.7 Å². The molecule has 7 aromatic carbocycles. The van der Waals surface area contributed by atoms with E-state index in [-0.39, 0.29) is 0 Å². The zero-order valence-corrected chi connectivity index (χ0v) is 27.1. The molecule has 0 aliphatic rings. The van der Waals surface area contributed by atoms with Crippen LogP contribution in [0.15, 0.2) is 188 Å². The number of fused-ring (bicyclic) bond motifs is 3. The first kappa shape index (κ1) is 29.3. The summed E-state index contributed by atoms with van der Waals surface area (Å²) in [6.45, 7) is 0. The van der Waals surface area contributed by atoms with Gasteiger partial charge in [0, 0.05) is 44.5 Å². The van der Waals surface area contributed by atoms with Gasteiger partial charge in [-0.15, -0.1) is 0 Å². The van der Waals surface area contributed by atoms with Crippen LogP contribution in [0.4, 0.5) is 17.1 Å². The normalized spacial score (nSPS) is 11.2. The number of para-hydroxylation sites is 3. The van der Waals surface area contributed by atoms with Gasteiger partial charge in [-0.2, -0.15) is 0 Å². The van der Waals surface area contributed by atoms with E-state index in [1.807, 2.05) is 60.7 Å². The second kappa shape index (κ2) is 12.6. The number of benzene rings is 7. The number of aromatic nitrogens is 4. The molecule has 5 nitrogen and oxygen atoms in total. The third kappa shape index (κ3) is 5.27. The van der Waals surface area contributed by atoms with E-state index in [1.165, 1.54) is 10.8 Å². The third-order valence-electron chi connectivity index (χ3n) is 9.03. The Morgan fingerprint density at radius 3 is 1.34 bits per heavy atom. The highest BCUT2D eigenvalue weighted by Gasteiger charge is 2.21. The van der Waals surface area contributed by atoms with Gasteiger partial charge >= 0.3 is 0 Å². The molecule has 0 spiro atoms. The molecule has 50 heavy (non-hydrogen) atoms. The second-order valence-electron chi connectivity index (χ2n) is 12.1. The summed E-state index contributed by atoms with van der Waals surface area (Å²) in [6, 6.07) is 65.1. The fourth-order valence-corrected chi connectivity index (χ4v) is 6.74. The number of nitrogens with zero attached hydrogens (tertiary/aromatic N) is 5. The minimum absolute atomic E-state index is 0.634. The van der Waals surface area contributed by atoms with E-state index in [1.54, 1.807) is 0 Å². The van der Waals surface area contributed by atoms with Gasteiger partial charge in [0.1, 0.15) is 0 Å². The monoisotopic (exact) mass is 641 g/mol. The van der Waals surface area contributed by atoms with E-state index in [9.17, 15) is 0 Å². The Balaban J connectivity index is 1.19. The van der Waals surface area contributed by atoms with Gasteiger partial charge in [0.25, 0.3) is 0 Å². The molecular weight excluding hydrogens is 611 g/mol. The summed E-state index contributed by atoms with van der Waals surface area (Å²) in [5.41, 5.74) is 9.49. The minimum Gasteiger partial charge on any atom is -0.310 e. The van der Waals surface area contributed by atoms with Crippen LogP contribution >= 0.6 is 0 Å². The largest absolute Gasteiger partial charge is 0.310 e. The highest BCUT2D eigenvalue weighted by molar-refractivity contribution is 6.16. The maximum Gasteiger partial charge on any atom is 0.164 e. The molecule has 0 aliphatic heterocycles. The Hall–Kier alpha value is -6.85. The summed E-state index contributed by atoms with van der Waals surface area (Å²) in [4.78, 5) is 17.1. The van der Waals surface area contributed by atoms with Crippen LogP contribution in [0.3, 0.4) is 0 Å². The molecule has 236 valence electrons. The Bertz CT molecular complexity index is 2470. The summed E-state index contributed by atoms with van der Waals surface area (Å²) in [6.07, 6.45) is 0. The molecule has 2 heterocycles. The van der Waals surface area contributed by atoms with Crippen molar-refractivity contribution >= 4 is 38.9 Å². The number of hydrogen-bond acceptors (Lipinski definition) is 4. The molecule has 9 rings (SSSR count). The summed E-state index contributed by atoms with van der Waals surface area (Å²) in [5, 5.41) is 2.38. The highest BCUT2D eigenvalue weighted by Crippen LogP contribution is 2.43. The van der Waals surface area contributed by atoms with Gasteiger partial charge in [0.2, 0.25) is 0 Å². The quantitative estimate of drug-likeness (QED) is 0.174. The first-order chi connectivity index (χ1) is 24.8. The Morgan fingerprint density at radius 1 is 0.360 bits per heavy atom. The molecule has 0 unspecified atom stereocenters. The maximum absolute atomic E-state index is 4.95. The molecule has 9 aromatic rings. The van der Waals surface area contributed by atoms with Gasteiger partial charge in [0.15, 0.2) is 17.5 Å². The van der Waals surface area contributed by atoms with E-state index in [0.29, 0.717) is 17.5 Å². The standard InChI is InChI=1S/C45H31N5/c1-5-16-32(17-6-1)43-46-44(33-18-7-2-8-19-33)48-45(47-43)34-28-30-37(31-29-34)50-39-25-14-13-24-38(39)42-40(26-15-27-41(42)50)49(35-20-9-3-10-21-35)36-22-11-4-12-23-36/h1-31H. The van der Waals surface area contributed by atoms with Crippen molar-refractivity contribution in [3.05, 3.63) is 188 Å². The average molecular weight is 642 g/mol. The lowest BCUT2D eigenvalue weighted by molar-refractivity contribution is 1.07. The van der Waals surface area contributed by atoms with Crippen molar-refractivity contribution < 1.29 is 0 Å². The van der Waals surface area contributed by atoms with Crippen molar-refractivity contribution in [3.63, 3.8) is 0 Å². The smallest absolute Gasteiger partial charge is 0.164 e. The molecule has 5 heteroatoms. The van der Waals surface area contributed by atoms with Crippen LogP contribution in [0.25, 0.3) is 61.7 Å². The van der Waals surface area contributed by atoms with Gasteiger partial charge < -0.3 is 9.47 Å². The van der Waals surface area contributed by atoms with Crippen LogP contribution in [0.5, 0.6) is 0 Å². The van der Waals surface area contributed by atoms with Crippen molar-refractivity contribution in [1.29, 1.82) is 0 Å². The van der Waals surface area contributed by atoms with Gasteiger partial charge in [-0.3, -0.25) is 0 Å². The van der Waals surface area contributed by atoms with Gasteiger partial charge in [-0.25, -0.2) is 15.0 Å². The van der Waals surface area contributed by atoms with E-state index >= 15 is 0 Å². The zero-order chi connectivity index (χ0) is 33.3. The van der Waals surface area contributed by atoms with Crippen molar-refractivity contribution in [3.8, 4) is 39.9 Å². The SMILES string of the molecule is c1ccc(-c2nc(-c3ccccc3)nc(-c3ccc(-n4c5ccccc5c5c(N(c6ccccc6)c6ccccc6)cccc54)cc3)n2)cc1. The second-order valence-corrected chi connectivity index (χ2v) is 12.1. The topological polar surface area (TPSA) is 46.8 Å². The van der Waals surface area contributed by atoms with Crippen LogP contribution in [0.1, 0.15) is 0 Å².